The molecule has 1 aromatic heterocycles. The molecule has 0 bridgehead atoms. The third-order valence-electron chi connectivity index (χ3n) is 3.32. The summed E-state index contributed by atoms with van der Waals surface area (Å²) in [6.45, 7) is 4.41. The zero-order chi connectivity index (χ0) is 11.4. The number of aryl methyl sites for hydroxylation is 1. The maximum Gasteiger partial charge on any atom is 0.316 e. The van der Waals surface area contributed by atoms with E-state index in [2.05, 4.69) is 23.8 Å². The summed E-state index contributed by atoms with van der Waals surface area (Å²) in [5.74, 6) is 0.850. The Morgan fingerprint density at radius 1 is 1.19 bits per heavy atom. The average Bonchev–Trinajstić information content (AvgIpc) is 2.33. The fourth-order valence-corrected chi connectivity index (χ4v) is 2.08. The smallest absolute Gasteiger partial charge is 0.316 e. The lowest BCUT2D eigenvalue weighted by Crippen LogP contribution is -2.23. The highest BCUT2D eigenvalue weighted by atomic mass is 16.5. The van der Waals surface area contributed by atoms with Gasteiger partial charge >= 0.3 is 6.01 Å². The van der Waals surface area contributed by atoms with Crippen molar-refractivity contribution in [3.8, 4) is 6.01 Å². The lowest BCUT2D eigenvalue weighted by molar-refractivity contribution is 0.124. The molecule has 88 valence electrons. The van der Waals surface area contributed by atoms with Crippen LogP contribution in [-0.2, 0) is 6.42 Å². The van der Waals surface area contributed by atoms with Gasteiger partial charge in [-0.1, -0.05) is 13.8 Å². The topological polar surface area (TPSA) is 35.0 Å². The van der Waals surface area contributed by atoms with Crippen molar-refractivity contribution in [3.63, 3.8) is 0 Å². The van der Waals surface area contributed by atoms with E-state index >= 15 is 0 Å². The molecule has 1 heterocycles. The average molecular weight is 220 g/mol. The van der Waals surface area contributed by atoms with Crippen molar-refractivity contribution in [2.45, 2.75) is 52.1 Å². The normalized spacial score (nSPS) is 25.4. The van der Waals surface area contributed by atoms with Crippen LogP contribution in [0.4, 0.5) is 0 Å². The summed E-state index contributed by atoms with van der Waals surface area (Å²) in [5.41, 5.74) is 1.16. The molecule has 1 aromatic rings. The quantitative estimate of drug-likeness (QED) is 0.785. The second kappa shape index (κ2) is 5.28. The predicted octanol–water partition coefficient (Wildman–Crippen LogP) is 3.00. The first kappa shape index (κ1) is 11.4. The summed E-state index contributed by atoms with van der Waals surface area (Å²) in [7, 11) is 0. The SMILES string of the molecule is CCc1cnc(OC2CCC(C)CC2)nc1. The Kier molecular flexibility index (Phi) is 3.75. The maximum atomic E-state index is 5.78. The Morgan fingerprint density at radius 2 is 1.81 bits per heavy atom. The van der Waals surface area contributed by atoms with Gasteiger partial charge in [-0.2, -0.15) is 0 Å². The molecule has 0 aliphatic heterocycles. The zero-order valence-electron chi connectivity index (χ0n) is 10.1. The number of hydrogen-bond donors (Lipinski definition) is 0. The maximum absolute atomic E-state index is 5.78. The Hall–Kier alpha value is -1.12. The van der Waals surface area contributed by atoms with Gasteiger partial charge in [0.2, 0.25) is 0 Å². The van der Waals surface area contributed by atoms with Crippen molar-refractivity contribution < 1.29 is 4.74 Å². The van der Waals surface area contributed by atoms with Gasteiger partial charge in [0, 0.05) is 12.4 Å². The Morgan fingerprint density at radius 3 is 2.38 bits per heavy atom. The number of aromatic nitrogens is 2. The van der Waals surface area contributed by atoms with Crippen molar-refractivity contribution in [2.75, 3.05) is 0 Å². The molecular formula is C13H20N2O. The summed E-state index contributed by atoms with van der Waals surface area (Å²) < 4.78 is 5.78. The van der Waals surface area contributed by atoms with Crippen LogP contribution in [-0.4, -0.2) is 16.1 Å². The molecule has 1 fully saturated rings. The molecule has 0 radical (unpaired) electrons. The van der Waals surface area contributed by atoms with Gasteiger partial charge in [-0.3, -0.25) is 0 Å². The molecule has 0 atom stereocenters. The van der Waals surface area contributed by atoms with Crippen LogP contribution in [0.15, 0.2) is 12.4 Å². The number of hydrogen-bond acceptors (Lipinski definition) is 3. The highest BCUT2D eigenvalue weighted by Gasteiger charge is 2.20. The highest BCUT2D eigenvalue weighted by molar-refractivity contribution is 5.07. The van der Waals surface area contributed by atoms with Gasteiger partial charge in [0.25, 0.3) is 0 Å². The van der Waals surface area contributed by atoms with Crippen LogP contribution in [0.25, 0.3) is 0 Å². The van der Waals surface area contributed by atoms with E-state index < -0.39 is 0 Å². The van der Waals surface area contributed by atoms with Gasteiger partial charge in [0.15, 0.2) is 0 Å². The van der Waals surface area contributed by atoms with E-state index in [0.717, 1.165) is 30.7 Å². The van der Waals surface area contributed by atoms with Crippen LogP contribution < -0.4 is 4.74 Å². The van der Waals surface area contributed by atoms with Crippen molar-refractivity contribution >= 4 is 0 Å². The van der Waals surface area contributed by atoms with Crippen LogP contribution >= 0.6 is 0 Å². The fraction of sp³-hybridized carbons (Fsp3) is 0.692. The van der Waals surface area contributed by atoms with E-state index in [-0.39, 0.29) is 0 Å². The Bertz CT molecular complexity index is 315. The molecule has 3 nitrogen and oxygen atoms in total. The second-order valence-corrected chi connectivity index (χ2v) is 4.73. The molecule has 1 aliphatic carbocycles. The molecule has 0 unspecified atom stereocenters. The summed E-state index contributed by atoms with van der Waals surface area (Å²) in [5, 5.41) is 0. The lowest BCUT2D eigenvalue weighted by Gasteiger charge is -2.25. The first-order valence-electron chi connectivity index (χ1n) is 6.25. The first-order valence-corrected chi connectivity index (χ1v) is 6.25. The third kappa shape index (κ3) is 2.94. The Balaban J connectivity index is 1.88. The highest BCUT2D eigenvalue weighted by Crippen LogP contribution is 2.25. The van der Waals surface area contributed by atoms with Gasteiger partial charge in [-0.05, 0) is 43.6 Å². The van der Waals surface area contributed by atoms with Gasteiger partial charge in [0.05, 0.1) is 0 Å². The van der Waals surface area contributed by atoms with Gasteiger partial charge in [0.1, 0.15) is 6.10 Å². The fourth-order valence-electron chi connectivity index (χ4n) is 2.08. The molecule has 0 N–H and O–H groups in total. The monoisotopic (exact) mass is 220 g/mol. The van der Waals surface area contributed by atoms with Gasteiger partial charge in [-0.25, -0.2) is 9.97 Å². The zero-order valence-corrected chi connectivity index (χ0v) is 10.1. The van der Waals surface area contributed by atoms with Crippen molar-refractivity contribution in [3.05, 3.63) is 18.0 Å². The van der Waals surface area contributed by atoms with E-state index in [0.29, 0.717) is 12.1 Å². The van der Waals surface area contributed by atoms with Crippen LogP contribution in [0.1, 0.15) is 45.1 Å². The van der Waals surface area contributed by atoms with E-state index in [1.165, 1.54) is 12.8 Å². The minimum Gasteiger partial charge on any atom is -0.460 e. The predicted molar refractivity (Wildman–Crippen MR) is 63.5 cm³/mol. The molecule has 0 spiro atoms. The minimum atomic E-state index is 0.323. The van der Waals surface area contributed by atoms with Crippen molar-refractivity contribution in [2.24, 2.45) is 5.92 Å². The number of ether oxygens (including phenoxy) is 1. The van der Waals surface area contributed by atoms with Crippen molar-refractivity contribution in [1.29, 1.82) is 0 Å². The molecule has 3 heteroatoms. The molecule has 1 saturated carbocycles. The third-order valence-corrected chi connectivity index (χ3v) is 3.32. The molecular weight excluding hydrogens is 200 g/mol. The Labute approximate surface area is 97.3 Å². The number of rotatable bonds is 3. The van der Waals surface area contributed by atoms with Crippen LogP contribution in [0, 0.1) is 5.92 Å². The van der Waals surface area contributed by atoms with E-state index in [4.69, 9.17) is 4.74 Å². The van der Waals surface area contributed by atoms with E-state index in [9.17, 15) is 0 Å². The molecule has 0 saturated heterocycles. The minimum absolute atomic E-state index is 0.323. The lowest BCUT2D eigenvalue weighted by atomic mass is 9.89. The van der Waals surface area contributed by atoms with Gasteiger partial charge in [-0.15, -0.1) is 0 Å². The molecule has 1 aliphatic rings. The summed E-state index contributed by atoms with van der Waals surface area (Å²) in [6.07, 6.45) is 9.81. The van der Waals surface area contributed by atoms with Crippen LogP contribution in [0.3, 0.4) is 0 Å². The molecule has 0 aromatic carbocycles. The van der Waals surface area contributed by atoms with E-state index in [1.807, 2.05) is 12.4 Å². The first-order chi connectivity index (χ1) is 7.78. The summed E-state index contributed by atoms with van der Waals surface area (Å²) in [6, 6.07) is 0.539. The standard InChI is InChI=1S/C13H20N2O/c1-3-11-8-14-13(15-9-11)16-12-6-4-10(2)5-7-12/h8-10,12H,3-7H2,1-2H3. The molecule has 16 heavy (non-hydrogen) atoms. The van der Waals surface area contributed by atoms with E-state index in [1.54, 1.807) is 0 Å². The van der Waals surface area contributed by atoms with Gasteiger partial charge < -0.3 is 4.74 Å². The van der Waals surface area contributed by atoms with Crippen LogP contribution in [0.5, 0.6) is 6.01 Å². The number of nitrogens with zero attached hydrogens (tertiary/aromatic N) is 2. The van der Waals surface area contributed by atoms with Crippen LogP contribution in [0.2, 0.25) is 0 Å². The summed E-state index contributed by atoms with van der Waals surface area (Å²) in [4.78, 5) is 8.46. The van der Waals surface area contributed by atoms with Crippen molar-refractivity contribution in [1.82, 2.24) is 9.97 Å². The largest absolute Gasteiger partial charge is 0.460 e. The molecule has 2 rings (SSSR count). The molecule has 0 amide bonds. The summed E-state index contributed by atoms with van der Waals surface area (Å²) >= 11 is 0. The second-order valence-electron chi connectivity index (χ2n) is 4.73.